The Morgan fingerprint density at radius 3 is 2.78 bits per heavy atom. The predicted molar refractivity (Wildman–Crippen MR) is 102 cm³/mol. The van der Waals surface area contributed by atoms with Gasteiger partial charge in [-0.2, -0.15) is 0 Å². The van der Waals surface area contributed by atoms with E-state index in [9.17, 15) is 4.79 Å². The van der Waals surface area contributed by atoms with Crippen LogP contribution in [-0.2, 0) is 6.42 Å². The molecule has 0 saturated heterocycles. The average molecular weight is 381 g/mol. The molecule has 4 rings (SSSR count). The Morgan fingerprint density at radius 1 is 1.22 bits per heavy atom. The number of carbonyl (C=O) groups is 1. The largest absolute Gasteiger partial charge is 0.486 e. The van der Waals surface area contributed by atoms with Crippen LogP contribution in [-0.4, -0.2) is 33.5 Å². The zero-order valence-electron chi connectivity index (χ0n) is 14.6. The van der Waals surface area contributed by atoms with Crippen molar-refractivity contribution in [2.75, 3.05) is 6.54 Å². The Hall–Kier alpha value is -2.99. The van der Waals surface area contributed by atoms with Gasteiger partial charge < -0.3 is 10.1 Å². The number of rotatable bonds is 4. The number of halogens is 1. The normalized spacial score (nSPS) is 15.1. The van der Waals surface area contributed by atoms with Gasteiger partial charge in [-0.25, -0.2) is 9.97 Å². The summed E-state index contributed by atoms with van der Waals surface area (Å²) in [5, 5.41) is 3.44. The summed E-state index contributed by atoms with van der Waals surface area (Å²) in [7, 11) is 0. The number of aromatic nitrogens is 3. The summed E-state index contributed by atoms with van der Waals surface area (Å²) >= 11 is 6.40. The van der Waals surface area contributed by atoms with Crippen LogP contribution in [0.2, 0.25) is 5.02 Å². The second-order valence-electron chi connectivity index (χ2n) is 6.42. The van der Waals surface area contributed by atoms with E-state index in [0.717, 1.165) is 22.4 Å². The van der Waals surface area contributed by atoms with Crippen molar-refractivity contribution in [3.63, 3.8) is 0 Å². The molecule has 1 unspecified atom stereocenters. The lowest BCUT2D eigenvalue weighted by Crippen LogP contribution is -2.34. The summed E-state index contributed by atoms with van der Waals surface area (Å²) in [5.41, 5.74) is 4.25. The molecule has 2 aromatic heterocycles. The number of ether oxygens (including phenoxy) is 1. The van der Waals surface area contributed by atoms with Crippen LogP contribution in [0.1, 0.15) is 21.6 Å². The highest BCUT2D eigenvalue weighted by Gasteiger charge is 2.26. The van der Waals surface area contributed by atoms with E-state index in [-0.39, 0.29) is 12.0 Å². The van der Waals surface area contributed by atoms with E-state index in [4.69, 9.17) is 16.3 Å². The summed E-state index contributed by atoms with van der Waals surface area (Å²) < 4.78 is 5.94. The van der Waals surface area contributed by atoms with Gasteiger partial charge in [0.15, 0.2) is 0 Å². The topological polar surface area (TPSA) is 77.0 Å². The molecule has 0 fully saturated rings. The second kappa shape index (κ2) is 7.32. The SMILES string of the molecule is Cc1ccc(C(=O)NCC2Cc3cc(-c4cncnc4)cc(Cl)c3O2)cn1. The molecule has 7 heteroatoms. The van der Waals surface area contributed by atoms with E-state index in [1.807, 2.05) is 25.1 Å². The van der Waals surface area contributed by atoms with Gasteiger partial charge in [0.05, 0.1) is 17.1 Å². The Bertz CT molecular complexity index is 977. The quantitative estimate of drug-likeness (QED) is 0.751. The van der Waals surface area contributed by atoms with Crippen molar-refractivity contribution in [3.05, 3.63) is 71.0 Å². The van der Waals surface area contributed by atoms with Crippen molar-refractivity contribution in [3.8, 4) is 16.9 Å². The second-order valence-corrected chi connectivity index (χ2v) is 6.82. The number of fused-ring (bicyclic) bond motifs is 1. The van der Waals surface area contributed by atoms with E-state index in [2.05, 4.69) is 20.3 Å². The van der Waals surface area contributed by atoms with Gasteiger partial charge in [0, 0.05) is 41.8 Å². The molecule has 1 N–H and O–H groups in total. The maximum Gasteiger partial charge on any atom is 0.252 e. The number of hydrogen-bond donors (Lipinski definition) is 1. The predicted octanol–water partition coefficient (Wildman–Crippen LogP) is 3.23. The molecule has 1 atom stereocenters. The molecule has 0 spiro atoms. The number of carbonyl (C=O) groups excluding carboxylic acids is 1. The lowest BCUT2D eigenvalue weighted by atomic mass is 10.0. The maximum absolute atomic E-state index is 12.2. The molecule has 3 heterocycles. The van der Waals surface area contributed by atoms with E-state index in [1.54, 1.807) is 24.7 Å². The van der Waals surface area contributed by atoms with Crippen LogP contribution in [0, 0.1) is 6.92 Å². The van der Waals surface area contributed by atoms with Gasteiger partial charge in [-0.3, -0.25) is 9.78 Å². The molecule has 0 radical (unpaired) electrons. The molecule has 136 valence electrons. The molecule has 0 aliphatic carbocycles. The Kier molecular flexibility index (Phi) is 4.73. The van der Waals surface area contributed by atoms with Gasteiger partial charge in [-0.15, -0.1) is 0 Å². The van der Waals surface area contributed by atoms with E-state index < -0.39 is 0 Å². The Labute approximate surface area is 161 Å². The average Bonchev–Trinajstić information content (AvgIpc) is 3.11. The van der Waals surface area contributed by atoms with Crippen LogP contribution in [0.25, 0.3) is 11.1 Å². The lowest BCUT2D eigenvalue weighted by molar-refractivity contribution is 0.0933. The third-order valence-electron chi connectivity index (χ3n) is 4.41. The summed E-state index contributed by atoms with van der Waals surface area (Å²) in [6, 6.07) is 7.45. The van der Waals surface area contributed by atoms with Gasteiger partial charge in [-0.1, -0.05) is 11.6 Å². The Balaban J connectivity index is 1.44. The molecule has 1 aliphatic rings. The van der Waals surface area contributed by atoms with E-state index >= 15 is 0 Å². The fraction of sp³-hybridized carbons (Fsp3) is 0.200. The molecule has 27 heavy (non-hydrogen) atoms. The van der Waals surface area contributed by atoms with Gasteiger partial charge >= 0.3 is 0 Å². The number of aryl methyl sites for hydroxylation is 1. The Morgan fingerprint density at radius 2 is 2.04 bits per heavy atom. The first-order valence-corrected chi connectivity index (χ1v) is 8.93. The first-order chi connectivity index (χ1) is 13.1. The van der Waals surface area contributed by atoms with Crippen molar-refractivity contribution >= 4 is 17.5 Å². The lowest BCUT2D eigenvalue weighted by Gasteiger charge is -2.12. The number of hydrogen-bond acceptors (Lipinski definition) is 5. The van der Waals surface area contributed by atoms with E-state index in [0.29, 0.717) is 29.3 Å². The van der Waals surface area contributed by atoms with Crippen molar-refractivity contribution in [2.24, 2.45) is 0 Å². The number of pyridine rings is 1. The fourth-order valence-corrected chi connectivity index (χ4v) is 3.31. The van der Waals surface area contributed by atoms with Crippen LogP contribution in [0.5, 0.6) is 5.75 Å². The number of nitrogens with one attached hydrogen (secondary N) is 1. The van der Waals surface area contributed by atoms with Gasteiger partial charge in [0.1, 0.15) is 18.2 Å². The molecular weight excluding hydrogens is 364 g/mol. The molecule has 0 saturated carbocycles. The first-order valence-electron chi connectivity index (χ1n) is 8.55. The van der Waals surface area contributed by atoms with Gasteiger partial charge in [-0.05, 0) is 36.8 Å². The molecule has 1 amide bonds. The number of nitrogens with zero attached hydrogens (tertiary/aromatic N) is 3. The molecule has 3 aromatic rings. The van der Waals surface area contributed by atoms with Crippen LogP contribution in [0.15, 0.2) is 49.2 Å². The first kappa shape index (κ1) is 17.4. The smallest absolute Gasteiger partial charge is 0.252 e. The summed E-state index contributed by atoms with van der Waals surface area (Å²) in [5.74, 6) is 0.504. The standard InChI is InChI=1S/C20H17ClN4O2/c1-12-2-3-13(9-24-12)20(26)25-10-17-5-15-4-14(6-18(21)19(15)27-17)16-7-22-11-23-8-16/h2-4,6-9,11,17H,5,10H2,1H3,(H,25,26). The molecular formula is C20H17ClN4O2. The zero-order chi connectivity index (χ0) is 18.8. The third-order valence-corrected chi connectivity index (χ3v) is 4.69. The van der Waals surface area contributed by atoms with Gasteiger partial charge in [0.2, 0.25) is 0 Å². The van der Waals surface area contributed by atoms with Crippen molar-refractivity contribution < 1.29 is 9.53 Å². The third kappa shape index (κ3) is 3.75. The molecule has 6 nitrogen and oxygen atoms in total. The highest BCUT2D eigenvalue weighted by Crippen LogP contribution is 2.39. The van der Waals surface area contributed by atoms with Crippen LogP contribution in [0.3, 0.4) is 0 Å². The number of benzene rings is 1. The van der Waals surface area contributed by atoms with Crippen molar-refractivity contribution in [1.29, 1.82) is 0 Å². The number of amides is 1. The monoisotopic (exact) mass is 380 g/mol. The molecule has 0 bridgehead atoms. The van der Waals surface area contributed by atoms with Crippen molar-refractivity contribution in [1.82, 2.24) is 20.3 Å². The van der Waals surface area contributed by atoms with Crippen molar-refractivity contribution in [2.45, 2.75) is 19.4 Å². The summed E-state index contributed by atoms with van der Waals surface area (Å²) in [4.78, 5) is 24.5. The van der Waals surface area contributed by atoms with Crippen LogP contribution in [0.4, 0.5) is 0 Å². The van der Waals surface area contributed by atoms with Gasteiger partial charge in [0.25, 0.3) is 5.91 Å². The maximum atomic E-state index is 12.2. The highest BCUT2D eigenvalue weighted by atomic mass is 35.5. The highest BCUT2D eigenvalue weighted by molar-refractivity contribution is 6.32. The summed E-state index contributed by atoms with van der Waals surface area (Å²) in [6.07, 6.45) is 7.05. The van der Waals surface area contributed by atoms with Crippen LogP contribution < -0.4 is 10.1 Å². The van der Waals surface area contributed by atoms with E-state index in [1.165, 1.54) is 6.33 Å². The summed E-state index contributed by atoms with van der Waals surface area (Å²) in [6.45, 7) is 2.27. The minimum atomic E-state index is -0.171. The molecule has 1 aromatic carbocycles. The minimum absolute atomic E-state index is 0.165. The minimum Gasteiger partial charge on any atom is -0.486 e. The van der Waals surface area contributed by atoms with Crippen LogP contribution >= 0.6 is 11.6 Å². The molecule has 1 aliphatic heterocycles. The fourth-order valence-electron chi connectivity index (χ4n) is 3.03. The zero-order valence-corrected chi connectivity index (χ0v) is 15.4.